The molecule has 2 atom stereocenters. The predicted octanol–water partition coefficient (Wildman–Crippen LogP) is 4.34. The fourth-order valence-electron chi connectivity index (χ4n) is 4.52. The fraction of sp³-hybridized carbons (Fsp3) is 0.286. The second kappa shape index (κ2) is 11.1. The van der Waals surface area contributed by atoms with E-state index in [1.54, 1.807) is 32.3 Å². The van der Waals surface area contributed by atoms with Crippen LogP contribution in [0.25, 0.3) is 0 Å². The van der Waals surface area contributed by atoms with Crippen LogP contribution in [-0.2, 0) is 9.53 Å². The highest BCUT2D eigenvalue weighted by Crippen LogP contribution is 2.45. The molecule has 7 heteroatoms. The number of methoxy groups -OCH3 is 3. The number of nitrogens with zero attached hydrogens (tertiary/aromatic N) is 1. The number of benzene rings is 3. The van der Waals surface area contributed by atoms with Crippen LogP contribution in [0.4, 0.5) is 5.69 Å². The number of amides is 2. The zero-order chi connectivity index (χ0) is 24.8. The van der Waals surface area contributed by atoms with E-state index in [4.69, 9.17) is 14.2 Å². The summed E-state index contributed by atoms with van der Waals surface area (Å²) in [6, 6.07) is 21.6. The van der Waals surface area contributed by atoms with Crippen molar-refractivity contribution in [2.24, 2.45) is 0 Å². The van der Waals surface area contributed by atoms with Gasteiger partial charge in [-0.05, 0) is 60.0 Å². The van der Waals surface area contributed by atoms with Gasteiger partial charge in [0.25, 0.3) is 5.91 Å². The monoisotopic (exact) mass is 474 g/mol. The van der Waals surface area contributed by atoms with Crippen molar-refractivity contribution < 1.29 is 23.8 Å². The Morgan fingerprint density at radius 3 is 2.14 bits per heavy atom. The maximum atomic E-state index is 13.9. The highest BCUT2D eigenvalue weighted by Gasteiger charge is 2.44. The molecular formula is C28H30N2O5. The molecule has 1 heterocycles. The summed E-state index contributed by atoms with van der Waals surface area (Å²) < 4.78 is 15.8. The van der Waals surface area contributed by atoms with Crippen LogP contribution in [0.5, 0.6) is 11.5 Å². The first-order valence-electron chi connectivity index (χ1n) is 11.6. The number of carbonyl (C=O) groups is 2. The van der Waals surface area contributed by atoms with E-state index in [9.17, 15) is 9.59 Å². The summed E-state index contributed by atoms with van der Waals surface area (Å²) in [5.74, 6) is 0.484. The first-order chi connectivity index (χ1) is 17.1. The molecule has 0 fully saturated rings. The van der Waals surface area contributed by atoms with E-state index in [1.807, 2.05) is 66.7 Å². The molecule has 0 unspecified atom stereocenters. The van der Waals surface area contributed by atoms with Crippen LogP contribution < -0.4 is 19.7 Å². The van der Waals surface area contributed by atoms with Crippen LogP contribution in [0.15, 0.2) is 72.8 Å². The Balaban J connectivity index is 1.84. The first-order valence-corrected chi connectivity index (χ1v) is 11.6. The van der Waals surface area contributed by atoms with E-state index < -0.39 is 12.0 Å². The summed E-state index contributed by atoms with van der Waals surface area (Å²) >= 11 is 0. The third-order valence-corrected chi connectivity index (χ3v) is 6.25. The maximum absolute atomic E-state index is 13.9. The molecule has 35 heavy (non-hydrogen) atoms. The van der Waals surface area contributed by atoms with Gasteiger partial charge in [-0.25, -0.2) is 0 Å². The van der Waals surface area contributed by atoms with Crippen molar-refractivity contribution in [3.63, 3.8) is 0 Å². The van der Waals surface area contributed by atoms with E-state index in [2.05, 4.69) is 5.32 Å². The highest BCUT2D eigenvalue weighted by atomic mass is 16.5. The molecule has 0 saturated heterocycles. The van der Waals surface area contributed by atoms with Gasteiger partial charge in [-0.2, -0.15) is 0 Å². The van der Waals surface area contributed by atoms with Crippen molar-refractivity contribution in [2.75, 3.05) is 39.4 Å². The Labute approximate surface area is 205 Å². The van der Waals surface area contributed by atoms with Crippen molar-refractivity contribution >= 4 is 17.5 Å². The normalized spacial score (nSPS) is 17.0. The third-order valence-electron chi connectivity index (χ3n) is 6.25. The zero-order valence-electron chi connectivity index (χ0n) is 20.2. The summed E-state index contributed by atoms with van der Waals surface area (Å²) in [5, 5.41) is 3.05. The van der Waals surface area contributed by atoms with E-state index >= 15 is 0 Å². The number of fused-ring (bicyclic) bond motifs is 1. The number of anilines is 1. The number of hydrogen-bond acceptors (Lipinski definition) is 5. The lowest BCUT2D eigenvalue weighted by atomic mass is 9.78. The lowest BCUT2D eigenvalue weighted by molar-refractivity contribution is -0.123. The van der Waals surface area contributed by atoms with Crippen molar-refractivity contribution in [2.45, 2.75) is 18.4 Å². The van der Waals surface area contributed by atoms with Gasteiger partial charge in [0.05, 0.1) is 26.2 Å². The molecule has 7 nitrogen and oxygen atoms in total. The summed E-state index contributed by atoms with van der Waals surface area (Å²) in [4.78, 5) is 29.3. The van der Waals surface area contributed by atoms with Gasteiger partial charge in [0, 0.05) is 31.5 Å². The Kier molecular flexibility index (Phi) is 7.67. The third kappa shape index (κ3) is 5.00. The van der Waals surface area contributed by atoms with E-state index in [1.165, 1.54) is 0 Å². The van der Waals surface area contributed by atoms with Gasteiger partial charge < -0.3 is 19.5 Å². The van der Waals surface area contributed by atoms with Gasteiger partial charge in [-0.15, -0.1) is 0 Å². The highest BCUT2D eigenvalue weighted by molar-refractivity contribution is 6.11. The van der Waals surface area contributed by atoms with E-state index in [0.717, 1.165) is 5.56 Å². The molecule has 3 aromatic rings. The van der Waals surface area contributed by atoms with Crippen LogP contribution in [0.3, 0.4) is 0 Å². The van der Waals surface area contributed by atoms with Gasteiger partial charge in [0.1, 0.15) is 11.5 Å². The average Bonchev–Trinajstić information content (AvgIpc) is 2.91. The number of ether oxygens (including phenoxy) is 3. The molecule has 1 aliphatic rings. The predicted molar refractivity (Wildman–Crippen MR) is 134 cm³/mol. The molecule has 182 valence electrons. The molecule has 3 aromatic carbocycles. The van der Waals surface area contributed by atoms with Gasteiger partial charge in [0.15, 0.2) is 0 Å². The average molecular weight is 475 g/mol. The van der Waals surface area contributed by atoms with E-state index in [0.29, 0.717) is 47.9 Å². The molecule has 0 radical (unpaired) electrons. The van der Waals surface area contributed by atoms with Crippen LogP contribution in [-0.4, -0.2) is 46.3 Å². The van der Waals surface area contributed by atoms with Gasteiger partial charge in [-0.3, -0.25) is 14.5 Å². The van der Waals surface area contributed by atoms with Crippen molar-refractivity contribution in [3.05, 3.63) is 89.5 Å². The summed E-state index contributed by atoms with van der Waals surface area (Å²) in [5.41, 5.74) is 2.75. The number of nitrogens with one attached hydrogen (secondary N) is 1. The summed E-state index contributed by atoms with van der Waals surface area (Å²) in [6.07, 6.45) is 0.699. The topological polar surface area (TPSA) is 77.1 Å². The number of carbonyl (C=O) groups excluding carboxylic acids is 2. The minimum absolute atomic E-state index is 0.139. The quantitative estimate of drug-likeness (QED) is 0.467. The zero-order valence-corrected chi connectivity index (χ0v) is 20.2. The lowest BCUT2D eigenvalue weighted by Gasteiger charge is -2.42. The lowest BCUT2D eigenvalue weighted by Crippen LogP contribution is -2.47. The Morgan fingerprint density at radius 1 is 0.886 bits per heavy atom. The second-order valence-electron chi connectivity index (χ2n) is 8.29. The van der Waals surface area contributed by atoms with Gasteiger partial charge >= 0.3 is 0 Å². The standard InChI is InChI=1S/C28H30N2O5/c1-33-18-6-17-29-27(31)25-23-7-4-5-8-24(23)28(32)30(20-11-15-22(35-3)16-12-20)26(25)19-9-13-21(34-2)14-10-19/h4-5,7-16,25-26H,6,17-18H2,1-3H3,(H,29,31)/t25-,26-/m0/s1. The minimum Gasteiger partial charge on any atom is -0.497 e. The van der Waals surface area contributed by atoms with Crippen LogP contribution in [0.2, 0.25) is 0 Å². The Morgan fingerprint density at radius 2 is 1.51 bits per heavy atom. The SMILES string of the molecule is COCCCNC(=O)[C@H]1c2ccccc2C(=O)N(c2ccc(OC)cc2)[C@H]1c1ccc(OC)cc1. The van der Waals surface area contributed by atoms with Crippen LogP contribution in [0.1, 0.15) is 39.9 Å². The largest absolute Gasteiger partial charge is 0.497 e. The van der Waals surface area contributed by atoms with Gasteiger partial charge in [-0.1, -0.05) is 30.3 Å². The first kappa shape index (κ1) is 24.3. The molecule has 1 N–H and O–H groups in total. The van der Waals surface area contributed by atoms with Gasteiger partial charge in [0.2, 0.25) is 5.91 Å². The molecule has 2 amide bonds. The van der Waals surface area contributed by atoms with Crippen LogP contribution >= 0.6 is 0 Å². The van der Waals surface area contributed by atoms with Crippen molar-refractivity contribution in [1.82, 2.24) is 5.32 Å². The Hall–Kier alpha value is -3.84. The smallest absolute Gasteiger partial charge is 0.259 e. The number of rotatable bonds is 9. The molecule has 0 aliphatic carbocycles. The molecule has 1 aliphatic heterocycles. The summed E-state index contributed by atoms with van der Waals surface area (Å²) in [7, 11) is 4.84. The second-order valence-corrected chi connectivity index (χ2v) is 8.29. The molecule has 0 saturated carbocycles. The Bertz CT molecular complexity index is 1160. The molecule has 0 bridgehead atoms. The fourth-order valence-corrected chi connectivity index (χ4v) is 4.52. The molecule has 4 rings (SSSR count). The number of hydrogen-bond donors (Lipinski definition) is 1. The molecule has 0 aromatic heterocycles. The van der Waals surface area contributed by atoms with Crippen LogP contribution in [0, 0.1) is 0 Å². The van der Waals surface area contributed by atoms with Crippen molar-refractivity contribution in [3.8, 4) is 11.5 Å². The van der Waals surface area contributed by atoms with E-state index in [-0.39, 0.29) is 11.8 Å². The maximum Gasteiger partial charge on any atom is 0.259 e. The summed E-state index contributed by atoms with van der Waals surface area (Å²) in [6.45, 7) is 1.04. The minimum atomic E-state index is -0.609. The molecule has 0 spiro atoms. The van der Waals surface area contributed by atoms with Crippen molar-refractivity contribution in [1.29, 1.82) is 0 Å². The molecular weight excluding hydrogens is 444 g/mol.